The normalized spacial score (nSPS) is 30.7. The van der Waals surface area contributed by atoms with E-state index in [2.05, 4.69) is 19.8 Å². The Morgan fingerprint density at radius 3 is 2.76 bits per heavy atom. The zero-order valence-electron chi connectivity index (χ0n) is 16.1. The first-order chi connectivity index (χ1) is 13.9. The lowest BCUT2D eigenvalue weighted by atomic mass is 9.74. The molecule has 0 radical (unpaired) electrons. The van der Waals surface area contributed by atoms with Gasteiger partial charge in [-0.25, -0.2) is 17.5 Å². The van der Waals surface area contributed by atoms with Crippen LogP contribution in [-0.2, 0) is 14.8 Å². The van der Waals surface area contributed by atoms with Crippen LogP contribution in [0.1, 0.15) is 18.5 Å². The Kier molecular flexibility index (Phi) is 4.38. The zero-order chi connectivity index (χ0) is 20.2. The van der Waals surface area contributed by atoms with Crippen LogP contribution in [0.4, 0.5) is 10.2 Å². The number of nitrogens with zero attached hydrogens (tertiary/aromatic N) is 3. The molecule has 1 N–H and O–H groups in total. The lowest BCUT2D eigenvalue weighted by molar-refractivity contribution is 0.0142. The van der Waals surface area contributed by atoms with Crippen molar-refractivity contribution < 1.29 is 17.5 Å². The van der Waals surface area contributed by atoms with Crippen molar-refractivity contribution in [1.82, 2.24) is 14.9 Å². The van der Waals surface area contributed by atoms with E-state index in [1.165, 1.54) is 12.1 Å². The fourth-order valence-corrected chi connectivity index (χ4v) is 6.17. The SMILES string of the molecule is Cc1ccc(N2C[C@@H]3[C@H](CNS(=O)(=O)c4ccc(F)cc4)[C@H]4CC[C@]3(C2)O4)nn1. The number of aryl methyl sites for hydroxylation is 1. The molecule has 3 aliphatic heterocycles. The van der Waals surface area contributed by atoms with E-state index in [9.17, 15) is 12.8 Å². The van der Waals surface area contributed by atoms with Gasteiger partial charge in [-0.1, -0.05) is 0 Å². The summed E-state index contributed by atoms with van der Waals surface area (Å²) in [5, 5.41) is 8.46. The second-order valence-electron chi connectivity index (χ2n) is 8.25. The van der Waals surface area contributed by atoms with E-state index in [4.69, 9.17) is 4.74 Å². The molecule has 4 heterocycles. The van der Waals surface area contributed by atoms with Crippen LogP contribution in [-0.4, -0.2) is 50.0 Å². The fourth-order valence-electron chi connectivity index (χ4n) is 5.10. The van der Waals surface area contributed by atoms with E-state index in [0.29, 0.717) is 6.54 Å². The first-order valence-electron chi connectivity index (χ1n) is 9.85. The van der Waals surface area contributed by atoms with E-state index in [0.717, 1.165) is 49.6 Å². The molecule has 7 nitrogen and oxygen atoms in total. The van der Waals surface area contributed by atoms with E-state index in [-0.39, 0.29) is 28.4 Å². The van der Waals surface area contributed by atoms with E-state index in [1.54, 1.807) is 0 Å². The van der Waals surface area contributed by atoms with Crippen molar-refractivity contribution in [2.45, 2.75) is 36.4 Å². The van der Waals surface area contributed by atoms with Crippen LogP contribution in [0.3, 0.4) is 0 Å². The molecule has 0 amide bonds. The average Bonchev–Trinajstić information content (AvgIpc) is 3.36. The maximum atomic E-state index is 13.1. The molecule has 3 aliphatic rings. The Morgan fingerprint density at radius 2 is 2.03 bits per heavy atom. The standard InChI is InChI=1S/C20H23FN4O3S/c1-13-2-7-19(24-23-13)25-11-17-16(18-8-9-20(17,12-25)28-18)10-22-29(26,27)15-5-3-14(21)4-6-15/h2-7,16-18,22H,8-12H2,1H3/t16-,17+,18+,20+/m0/s1. The average molecular weight is 418 g/mol. The van der Waals surface area contributed by atoms with Gasteiger partial charge in [-0.05, 0) is 56.2 Å². The van der Waals surface area contributed by atoms with Gasteiger partial charge in [-0.2, -0.15) is 5.10 Å². The summed E-state index contributed by atoms with van der Waals surface area (Å²) >= 11 is 0. The van der Waals surface area contributed by atoms with Crippen molar-refractivity contribution in [1.29, 1.82) is 0 Å². The molecule has 154 valence electrons. The van der Waals surface area contributed by atoms with Gasteiger partial charge in [0.05, 0.1) is 22.3 Å². The molecule has 1 spiro atoms. The molecule has 0 aliphatic carbocycles. The summed E-state index contributed by atoms with van der Waals surface area (Å²) in [6, 6.07) is 8.79. The third-order valence-corrected chi connectivity index (χ3v) is 7.96. The molecule has 2 aromatic rings. The predicted octanol–water partition coefficient (Wildman–Crippen LogP) is 1.89. The van der Waals surface area contributed by atoms with Crippen molar-refractivity contribution in [3.63, 3.8) is 0 Å². The highest BCUT2D eigenvalue weighted by Crippen LogP contribution is 2.55. The van der Waals surface area contributed by atoms with Gasteiger partial charge in [0, 0.05) is 31.5 Å². The van der Waals surface area contributed by atoms with Crippen molar-refractivity contribution in [2.24, 2.45) is 11.8 Å². The number of sulfonamides is 1. The smallest absolute Gasteiger partial charge is 0.240 e. The quantitative estimate of drug-likeness (QED) is 0.798. The van der Waals surface area contributed by atoms with Crippen LogP contribution < -0.4 is 9.62 Å². The maximum Gasteiger partial charge on any atom is 0.240 e. The fraction of sp³-hybridized carbons (Fsp3) is 0.500. The van der Waals surface area contributed by atoms with Gasteiger partial charge < -0.3 is 9.64 Å². The lowest BCUT2D eigenvalue weighted by Gasteiger charge is -2.29. The summed E-state index contributed by atoms with van der Waals surface area (Å²) < 4.78 is 47.4. The predicted molar refractivity (Wildman–Crippen MR) is 104 cm³/mol. The van der Waals surface area contributed by atoms with Gasteiger partial charge in [0.25, 0.3) is 0 Å². The highest BCUT2D eigenvalue weighted by molar-refractivity contribution is 7.89. The van der Waals surface area contributed by atoms with Crippen LogP contribution in [0, 0.1) is 24.6 Å². The van der Waals surface area contributed by atoms with Gasteiger partial charge in [-0.3, -0.25) is 0 Å². The monoisotopic (exact) mass is 418 g/mol. The number of ether oxygens (including phenoxy) is 1. The molecule has 0 unspecified atom stereocenters. The Labute approximate surface area is 169 Å². The number of anilines is 1. The van der Waals surface area contributed by atoms with Gasteiger partial charge in [0.2, 0.25) is 10.0 Å². The highest BCUT2D eigenvalue weighted by Gasteiger charge is 2.63. The second kappa shape index (κ2) is 6.72. The molecule has 3 saturated heterocycles. The van der Waals surface area contributed by atoms with Crippen molar-refractivity contribution in [3.05, 3.63) is 47.9 Å². The number of hydrogen-bond acceptors (Lipinski definition) is 6. The Bertz CT molecular complexity index is 1020. The van der Waals surface area contributed by atoms with Gasteiger partial charge in [0.15, 0.2) is 5.82 Å². The number of fused-ring (bicyclic) bond motifs is 1. The summed E-state index contributed by atoms with van der Waals surface area (Å²) in [4.78, 5) is 2.26. The molecule has 3 fully saturated rings. The van der Waals surface area contributed by atoms with Crippen LogP contribution in [0.15, 0.2) is 41.3 Å². The molecular formula is C20H23FN4O3S. The van der Waals surface area contributed by atoms with E-state index < -0.39 is 15.8 Å². The number of nitrogens with one attached hydrogen (secondary N) is 1. The van der Waals surface area contributed by atoms with Crippen molar-refractivity contribution in [3.8, 4) is 0 Å². The van der Waals surface area contributed by atoms with Crippen LogP contribution in [0.5, 0.6) is 0 Å². The van der Waals surface area contributed by atoms with E-state index in [1.807, 2.05) is 19.1 Å². The second-order valence-corrected chi connectivity index (χ2v) is 10.0. The maximum absolute atomic E-state index is 13.1. The van der Waals surface area contributed by atoms with Gasteiger partial charge in [0.1, 0.15) is 5.82 Å². The van der Waals surface area contributed by atoms with Crippen LogP contribution in [0.25, 0.3) is 0 Å². The molecule has 29 heavy (non-hydrogen) atoms. The zero-order valence-corrected chi connectivity index (χ0v) is 16.9. The Morgan fingerprint density at radius 1 is 1.24 bits per heavy atom. The van der Waals surface area contributed by atoms with Crippen molar-refractivity contribution >= 4 is 15.8 Å². The first-order valence-corrected chi connectivity index (χ1v) is 11.3. The molecule has 1 aromatic carbocycles. The largest absolute Gasteiger partial charge is 0.369 e. The summed E-state index contributed by atoms with van der Waals surface area (Å²) in [6.45, 7) is 3.75. The van der Waals surface area contributed by atoms with Gasteiger partial charge in [-0.15, -0.1) is 5.10 Å². The molecule has 0 saturated carbocycles. The van der Waals surface area contributed by atoms with Crippen molar-refractivity contribution in [2.75, 3.05) is 24.5 Å². The topological polar surface area (TPSA) is 84.4 Å². The molecule has 4 atom stereocenters. The highest BCUT2D eigenvalue weighted by atomic mass is 32.2. The van der Waals surface area contributed by atoms with Crippen LogP contribution >= 0.6 is 0 Å². The summed E-state index contributed by atoms with van der Waals surface area (Å²) in [6.07, 6.45) is 1.99. The minimum absolute atomic E-state index is 0.0701. The minimum atomic E-state index is -3.69. The molecule has 9 heteroatoms. The third-order valence-electron chi connectivity index (χ3n) is 6.52. The number of aromatic nitrogens is 2. The van der Waals surface area contributed by atoms with Crippen LogP contribution in [0.2, 0.25) is 0 Å². The van der Waals surface area contributed by atoms with E-state index >= 15 is 0 Å². The minimum Gasteiger partial charge on any atom is -0.369 e. The Balaban J connectivity index is 1.32. The molecule has 5 rings (SSSR count). The lowest BCUT2D eigenvalue weighted by Crippen LogP contribution is -2.41. The summed E-state index contributed by atoms with van der Waals surface area (Å²) in [5.41, 5.74) is 0.639. The number of rotatable bonds is 5. The number of halogens is 1. The summed E-state index contributed by atoms with van der Waals surface area (Å²) in [5.74, 6) is 0.706. The number of hydrogen-bond donors (Lipinski definition) is 1. The molecule has 1 aromatic heterocycles. The van der Waals surface area contributed by atoms with Gasteiger partial charge >= 0.3 is 0 Å². The summed E-state index contributed by atoms with van der Waals surface area (Å²) in [7, 11) is -3.69. The number of benzene rings is 1. The first kappa shape index (κ1) is 18.9. The molecule has 2 bridgehead atoms. The molecular weight excluding hydrogens is 395 g/mol. The Hall–Kier alpha value is -2.10. The third kappa shape index (κ3) is 3.21.